The van der Waals surface area contributed by atoms with Gasteiger partial charge in [0.2, 0.25) is 0 Å². The molecule has 2 aromatic rings. The van der Waals surface area contributed by atoms with Gasteiger partial charge in [-0.2, -0.15) is 0 Å². The minimum atomic E-state index is -0.966. The molecule has 0 spiro atoms. The lowest BCUT2D eigenvalue weighted by Gasteiger charge is -2.47. The third-order valence-electron chi connectivity index (χ3n) is 9.20. The highest BCUT2D eigenvalue weighted by Gasteiger charge is 2.38. The van der Waals surface area contributed by atoms with Crippen molar-refractivity contribution < 1.29 is 14.7 Å². The lowest BCUT2D eigenvalue weighted by atomic mass is 9.65. The summed E-state index contributed by atoms with van der Waals surface area (Å²) >= 11 is 0. The summed E-state index contributed by atoms with van der Waals surface area (Å²) < 4.78 is 1.88. The van der Waals surface area contributed by atoms with Gasteiger partial charge in [-0.05, 0) is 74.8 Å². The van der Waals surface area contributed by atoms with Gasteiger partial charge in [-0.15, -0.1) is 0 Å². The van der Waals surface area contributed by atoms with E-state index in [-0.39, 0.29) is 49.0 Å². The Morgan fingerprint density at radius 3 is 2.46 bits per heavy atom. The smallest absolute Gasteiger partial charge is 0.303 e. The van der Waals surface area contributed by atoms with Crippen LogP contribution in [0, 0.1) is 17.8 Å². The van der Waals surface area contributed by atoms with Crippen molar-refractivity contribution in [3.05, 3.63) is 40.3 Å². The van der Waals surface area contributed by atoms with Crippen LogP contribution in [0.25, 0.3) is 11.0 Å². The minimum absolute atomic E-state index is 0.0543. The topological polar surface area (TPSA) is 123 Å². The van der Waals surface area contributed by atoms with Crippen LogP contribution in [0.1, 0.15) is 82.9 Å². The van der Waals surface area contributed by atoms with Crippen molar-refractivity contribution in [3.8, 4) is 0 Å². The monoisotopic (exact) mass is 537 g/mol. The summed E-state index contributed by atoms with van der Waals surface area (Å²) in [6.45, 7) is 4.77. The van der Waals surface area contributed by atoms with Crippen molar-refractivity contribution in [3.63, 3.8) is 0 Å². The number of para-hydroxylation sites is 2. The number of fused-ring (bicyclic) bond motifs is 3. The summed E-state index contributed by atoms with van der Waals surface area (Å²) in [5.41, 5.74) is 7.23. The van der Waals surface area contributed by atoms with E-state index in [4.69, 9.17) is 10.6 Å². The van der Waals surface area contributed by atoms with Crippen molar-refractivity contribution in [2.75, 3.05) is 26.2 Å². The maximum atomic E-state index is 14.0. The second-order valence-corrected chi connectivity index (χ2v) is 11.8. The van der Waals surface area contributed by atoms with Crippen molar-refractivity contribution in [2.24, 2.45) is 28.6 Å². The van der Waals surface area contributed by atoms with Crippen LogP contribution in [0.5, 0.6) is 0 Å². The maximum absolute atomic E-state index is 14.0. The van der Waals surface area contributed by atoms with Gasteiger partial charge in [0, 0.05) is 38.1 Å². The van der Waals surface area contributed by atoms with Crippen LogP contribution in [-0.4, -0.2) is 63.5 Å². The molecular weight excluding hydrogens is 494 g/mol. The van der Waals surface area contributed by atoms with E-state index in [2.05, 4.69) is 22.0 Å². The first-order valence-corrected chi connectivity index (χ1v) is 14.8. The van der Waals surface area contributed by atoms with E-state index in [0.29, 0.717) is 11.6 Å². The van der Waals surface area contributed by atoms with Gasteiger partial charge in [-0.25, -0.2) is 4.98 Å². The Morgan fingerprint density at radius 2 is 1.79 bits per heavy atom. The van der Waals surface area contributed by atoms with Gasteiger partial charge in [0.05, 0.1) is 17.5 Å². The van der Waals surface area contributed by atoms with Crippen LogP contribution in [-0.2, 0) is 9.63 Å². The predicted molar refractivity (Wildman–Crippen MR) is 152 cm³/mol. The number of hydrogen-bond donors (Lipinski definition) is 2. The molecule has 4 atom stereocenters. The van der Waals surface area contributed by atoms with Gasteiger partial charge >= 0.3 is 5.97 Å². The standard InChI is InChI=1S/C30H43N5O4/c1-2-20-15-21-17-22(16-20)19-24(18-21)34-12-9-23(10-13-34)35-27-6-4-3-5-25(27)32-29(30(35)38)26(7-8-28(36)37)33-39-14-11-31/h3-6,20-24H,2,7-19,31H2,1H3,(H,36,37)/b33-26+/t20-,21-,22+,24+. The molecule has 2 saturated carbocycles. The average Bonchev–Trinajstić information content (AvgIpc) is 2.94. The third-order valence-corrected chi connectivity index (χ3v) is 9.20. The number of nitrogens with zero attached hydrogens (tertiary/aromatic N) is 4. The van der Waals surface area contributed by atoms with Crippen molar-refractivity contribution in [1.82, 2.24) is 14.5 Å². The Hall–Kier alpha value is -2.78. The number of aromatic nitrogens is 2. The molecule has 1 aliphatic heterocycles. The molecule has 2 bridgehead atoms. The molecule has 2 aliphatic carbocycles. The molecule has 1 saturated heterocycles. The number of carbonyl (C=O) groups is 1. The number of aliphatic carboxylic acids is 1. The Balaban J connectivity index is 1.38. The Labute approximate surface area is 230 Å². The molecule has 3 N–H and O–H groups in total. The maximum Gasteiger partial charge on any atom is 0.303 e. The number of benzene rings is 1. The number of piperidine rings is 1. The van der Waals surface area contributed by atoms with E-state index in [1.165, 1.54) is 38.5 Å². The average molecular weight is 538 g/mol. The molecule has 0 radical (unpaired) electrons. The Kier molecular flexibility index (Phi) is 8.97. The molecule has 5 rings (SSSR count). The lowest BCUT2D eigenvalue weighted by molar-refractivity contribution is -0.136. The molecule has 3 fully saturated rings. The van der Waals surface area contributed by atoms with E-state index in [9.17, 15) is 14.7 Å². The van der Waals surface area contributed by atoms with Crippen LogP contribution >= 0.6 is 0 Å². The fourth-order valence-corrected chi connectivity index (χ4v) is 7.41. The number of carboxylic acid groups (broad SMARTS) is 1. The van der Waals surface area contributed by atoms with Crippen LogP contribution in [0.4, 0.5) is 0 Å². The SMILES string of the molecule is CC[C@@H]1C[C@@H]2C[C@H](C1)C[C@@H](N1CCC(n3c(=O)c(/C(CCC(=O)O)=N/OCCN)nc4ccccc43)CC1)C2. The second kappa shape index (κ2) is 12.6. The largest absolute Gasteiger partial charge is 0.481 e. The number of nitrogens with two attached hydrogens (primary N) is 1. The fourth-order valence-electron chi connectivity index (χ4n) is 7.41. The molecule has 0 amide bonds. The molecule has 9 heteroatoms. The number of hydrogen-bond acceptors (Lipinski definition) is 7. The highest BCUT2D eigenvalue weighted by molar-refractivity contribution is 6.00. The molecule has 212 valence electrons. The van der Waals surface area contributed by atoms with E-state index < -0.39 is 5.97 Å². The van der Waals surface area contributed by atoms with E-state index in [0.717, 1.165) is 49.2 Å². The third kappa shape index (κ3) is 6.35. The van der Waals surface area contributed by atoms with Crippen molar-refractivity contribution in [1.29, 1.82) is 0 Å². The molecule has 3 aliphatic rings. The molecule has 0 unspecified atom stereocenters. The summed E-state index contributed by atoms with van der Waals surface area (Å²) in [5.74, 6) is 1.71. The zero-order chi connectivity index (χ0) is 27.4. The van der Waals surface area contributed by atoms with Gasteiger partial charge in [-0.1, -0.05) is 30.6 Å². The van der Waals surface area contributed by atoms with Gasteiger partial charge in [-0.3, -0.25) is 9.59 Å². The number of oxime groups is 1. The first-order chi connectivity index (χ1) is 19.0. The summed E-state index contributed by atoms with van der Waals surface area (Å²) in [7, 11) is 0. The van der Waals surface area contributed by atoms with Gasteiger partial charge in [0.1, 0.15) is 12.3 Å². The predicted octanol–water partition coefficient (Wildman–Crippen LogP) is 4.18. The van der Waals surface area contributed by atoms with Gasteiger partial charge in [0.15, 0.2) is 5.69 Å². The lowest BCUT2D eigenvalue weighted by Crippen LogP contribution is -2.48. The van der Waals surface area contributed by atoms with Gasteiger partial charge < -0.3 is 25.1 Å². The van der Waals surface area contributed by atoms with Gasteiger partial charge in [0.25, 0.3) is 5.56 Å². The molecule has 2 heterocycles. The zero-order valence-corrected chi connectivity index (χ0v) is 23.1. The Bertz CT molecular complexity index is 1220. The second-order valence-electron chi connectivity index (χ2n) is 11.8. The number of rotatable bonds is 10. The normalized spacial score (nSPS) is 26.6. The van der Waals surface area contributed by atoms with Crippen LogP contribution in [0.2, 0.25) is 0 Å². The quantitative estimate of drug-likeness (QED) is 0.265. The first kappa shape index (κ1) is 27.8. The van der Waals surface area contributed by atoms with E-state index in [1.807, 2.05) is 28.8 Å². The highest BCUT2D eigenvalue weighted by Crippen LogP contribution is 2.45. The summed E-state index contributed by atoms with van der Waals surface area (Å²) in [4.78, 5) is 37.9. The van der Waals surface area contributed by atoms with Crippen LogP contribution in [0.3, 0.4) is 0 Å². The summed E-state index contributed by atoms with van der Waals surface area (Å²) in [5, 5.41) is 13.4. The van der Waals surface area contributed by atoms with Crippen LogP contribution < -0.4 is 11.3 Å². The highest BCUT2D eigenvalue weighted by atomic mass is 16.6. The Morgan fingerprint density at radius 1 is 1.08 bits per heavy atom. The van der Waals surface area contributed by atoms with Crippen LogP contribution in [0.15, 0.2) is 34.2 Å². The van der Waals surface area contributed by atoms with E-state index >= 15 is 0 Å². The molecule has 9 nitrogen and oxygen atoms in total. The first-order valence-electron chi connectivity index (χ1n) is 14.8. The molecule has 1 aromatic heterocycles. The zero-order valence-electron chi connectivity index (χ0n) is 23.1. The minimum Gasteiger partial charge on any atom is -0.481 e. The fraction of sp³-hybridized carbons (Fsp3) is 0.667. The molecule has 1 aromatic carbocycles. The number of carboxylic acids is 1. The summed E-state index contributed by atoms with van der Waals surface area (Å²) in [6, 6.07) is 8.40. The number of likely N-dealkylation sites (tertiary alicyclic amines) is 1. The molecular formula is C30H43N5O4. The molecule has 39 heavy (non-hydrogen) atoms. The van der Waals surface area contributed by atoms with Crippen molar-refractivity contribution >= 4 is 22.7 Å². The van der Waals surface area contributed by atoms with E-state index in [1.54, 1.807) is 0 Å². The van der Waals surface area contributed by atoms with Crippen molar-refractivity contribution in [2.45, 2.75) is 83.2 Å². The summed E-state index contributed by atoms with van der Waals surface area (Å²) in [6.07, 6.45) is 9.90.